The van der Waals surface area contributed by atoms with Crippen molar-refractivity contribution in [1.82, 2.24) is 0 Å². The summed E-state index contributed by atoms with van der Waals surface area (Å²) in [5.74, 6) is -0.854. The molecule has 14 heavy (non-hydrogen) atoms. The molecule has 1 aromatic carbocycles. The first-order chi connectivity index (χ1) is 6.38. The molecule has 0 aliphatic carbocycles. The Morgan fingerprint density at radius 1 is 1.29 bits per heavy atom. The lowest BCUT2D eigenvalue weighted by molar-refractivity contribution is 0.351. The van der Waals surface area contributed by atoms with Gasteiger partial charge in [-0.25, -0.2) is 4.39 Å². The molecule has 0 saturated heterocycles. The molecular formula is C11H15FO2. The summed E-state index contributed by atoms with van der Waals surface area (Å²) in [6.45, 7) is 5.66. The van der Waals surface area contributed by atoms with Gasteiger partial charge in [0.25, 0.3) is 0 Å². The maximum atomic E-state index is 13.6. The summed E-state index contributed by atoms with van der Waals surface area (Å²) in [7, 11) is 1.39. The minimum absolute atomic E-state index is 0.163. The van der Waals surface area contributed by atoms with Crippen LogP contribution in [-0.4, -0.2) is 12.2 Å². The van der Waals surface area contributed by atoms with Crippen molar-refractivity contribution >= 4 is 0 Å². The number of aromatic hydroxyl groups is 1. The molecule has 0 aromatic heterocycles. The molecule has 1 aromatic rings. The summed E-state index contributed by atoms with van der Waals surface area (Å²) in [5.41, 5.74) is 0.157. The molecule has 1 rings (SSSR count). The second-order valence-corrected chi connectivity index (χ2v) is 4.23. The highest BCUT2D eigenvalue weighted by molar-refractivity contribution is 5.45. The highest BCUT2D eigenvalue weighted by Crippen LogP contribution is 2.35. The summed E-state index contributed by atoms with van der Waals surface area (Å²) in [6.07, 6.45) is 0. The van der Waals surface area contributed by atoms with E-state index in [1.165, 1.54) is 7.11 Å². The fourth-order valence-corrected chi connectivity index (χ4v) is 1.29. The predicted molar refractivity (Wildman–Crippen MR) is 53.3 cm³/mol. The van der Waals surface area contributed by atoms with Crippen molar-refractivity contribution in [2.24, 2.45) is 0 Å². The monoisotopic (exact) mass is 198 g/mol. The van der Waals surface area contributed by atoms with Crippen LogP contribution in [0.5, 0.6) is 11.5 Å². The van der Waals surface area contributed by atoms with Crippen LogP contribution in [-0.2, 0) is 5.41 Å². The van der Waals surface area contributed by atoms with Crippen LogP contribution in [0, 0.1) is 5.82 Å². The fourth-order valence-electron chi connectivity index (χ4n) is 1.29. The number of rotatable bonds is 1. The van der Waals surface area contributed by atoms with Crippen LogP contribution in [0.4, 0.5) is 4.39 Å². The molecule has 0 spiro atoms. The molecule has 0 heterocycles. The molecule has 0 atom stereocenters. The van der Waals surface area contributed by atoms with Gasteiger partial charge in [0.1, 0.15) is 0 Å². The molecule has 0 aliphatic rings. The predicted octanol–water partition coefficient (Wildman–Crippen LogP) is 2.84. The van der Waals surface area contributed by atoms with Crippen molar-refractivity contribution in [2.45, 2.75) is 26.2 Å². The number of methoxy groups -OCH3 is 1. The zero-order valence-corrected chi connectivity index (χ0v) is 8.89. The van der Waals surface area contributed by atoms with E-state index in [1.807, 2.05) is 20.8 Å². The first kappa shape index (κ1) is 10.8. The van der Waals surface area contributed by atoms with Crippen LogP contribution in [0.1, 0.15) is 26.3 Å². The lowest BCUT2D eigenvalue weighted by atomic mass is 9.86. The number of benzene rings is 1. The van der Waals surface area contributed by atoms with Crippen LogP contribution >= 0.6 is 0 Å². The zero-order valence-electron chi connectivity index (χ0n) is 8.89. The quantitative estimate of drug-likeness (QED) is 0.751. The second-order valence-electron chi connectivity index (χ2n) is 4.23. The van der Waals surface area contributed by atoms with Crippen molar-refractivity contribution < 1.29 is 14.2 Å². The van der Waals surface area contributed by atoms with E-state index in [2.05, 4.69) is 0 Å². The van der Waals surface area contributed by atoms with Gasteiger partial charge in [0.2, 0.25) is 0 Å². The normalized spacial score (nSPS) is 11.5. The Kier molecular flexibility index (Phi) is 2.69. The SMILES string of the molecule is COc1ccc(C(C)(C)C)c(F)c1O. The van der Waals surface area contributed by atoms with E-state index in [9.17, 15) is 9.50 Å². The molecular weight excluding hydrogens is 183 g/mol. The summed E-state index contributed by atoms with van der Waals surface area (Å²) in [6, 6.07) is 3.20. The van der Waals surface area contributed by atoms with Gasteiger partial charge in [-0.3, -0.25) is 0 Å². The van der Waals surface area contributed by atoms with Crippen molar-refractivity contribution in [3.05, 3.63) is 23.5 Å². The molecule has 78 valence electrons. The minimum atomic E-state index is -0.600. The van der Waals surface area contributed by atoms with Gasteiger partial charge in [0.15, 0.2) is 17.3 Å². The molecule has 0 radical (unpaired) electrons. The molecule has 3 heteroatoms. The van der Waals surface area contributed by atoms with Gasteiger partial charge < -0.3 is 9.84 Å². The van der Waals surface area contributed by atoms with Gasteiger partial charge in [0.05, 0.1) is 7.11 Å². The summed E-state index contributed by atoms with van der Waals surface area (Å²) in [4.78, 5) is 0. The Morgan fingerprint density at radius 3 is 2.29 bits per heavy atom. The summed E-state index contributed by atoms with van der Waals surface area (Å²) >= 11 is 0. The van der Waals surface area contributed by atoms with Gasteiger partial charge in [-0.2, -0.15) is 0 Å². The van der Waals surface area contributed by atoms with E-state index in [-0.39, 0.29) is 11.2 Å². The molecule has 2 nitrogen and oxygen atoms in total. The number of hydrogen-bond donors (Lipinski definition) is 1. The summed E-state index contributed by atoms with van der Waals surface area (Å²) < 4.78 is 18.4. The molecule has 0 aliphatic heterocycles. The van der Waals surface area contributed by atoms with E-state index in [4.69, 9.17) is 4.74 Å². The van der Waals surface area contributed by atoms with Crippen LogP contribution in [0.25, 0.3) is 0 Å². The number of halogens is 1. The standard InChI is InChI=1S/C11H15FO2/c1-11(2,3)7-5-6-8(14-4)10(13)9(7)12/h5-6,13H,1-4H3. The maximum absolute atomic E-state index is 13.6. The smallest absolute Gasteiger partial charge is 0.194 e. The molecule has 1 N–H and O–H groups in total. The van der Waals surface area contributed by atoms with Crippen molar-refractivity contribution in [2.75, 3.05) is 7.11 Å². The topological polar surface area (TPSA) is 29.5 Å². The van der Waals surface area contributed by atoms with E-state index < -0.39 is 11.6 Å². The van der Waals surface area contributed by atoms with Crippen LogP contribution in [0.2, 0.25) is 0 Å². The third-order valence-corrected chi connectivity index (χ3v) is 2.11. The lowest BCUT2D eigenvalue weighted by Crippen LogP contribution is -2.13. The third kappa shape index (κ3) is 1.81. The maximum Gasteiger partial charge on any atom is 0.194 e. The van der Waals surface area contributed by atoms with Gasteiger partial charge in [-0.1, -0.05) is 26.8 Å². The Labute approximate surface area is 83.3 Å². The third-order valence-electron chi connectivity index (χ3n) is 2.11. The van der Waals surface area contributed by atoms with Crippen molar-refractivity contribution in [3.63, 3.8) is 0 Å². The largest absolute Gasteiger partial charge is 0.502 e. The highest BCUT2D eigenvalue weighted by Gasteiger charge is 2.22. The number of phenols is 1. The molecule has 0 unspecified atom stereocenters. The molecule has 0 bridgehead atoms. The fraction of sp³-hybridized carbons (Fsp3) is 0.455. The average Bonchev–Trinajstić information content (AvgIpc) is 2.07. The number of phenolic OH excluding ortho intramolecular Hbond substituents is 1. The zero-order chi connectivity index (χ0) is 10.9. The van der Waals surface area contributed by atoms with Gasteiger partial charge in [-0.15, -0.1) is 0 Å². The second kappa shape index (κ2) is 3.48. The van der Waals surface area contributed by atoms with Crippen LogP contribution in [0.3, 0.4) is 0 Å². The molecule has 0 fully saturated rings. The van der Waals surface area contributed by atoms with Gasteiger partial charge in [0, 0.05) is 0 Å². The van der Waals surface area contributed by atoms with Crippen molar-refractivity contribution in [1.29, 1.82) is 0 Å². The first-order valence-corrected chi connectivity index (χ1v) is 4.44. The summed E-state index contributed by atoms with van der Waals surface area (Å²) in [5, 5.41) is 9.44. The van der Waals surface area contributed by atoms with E-state index >= 15 is 0 Å². The molecule has 0 amide bonds. The number of hydrogen-bond acceptors (Lipinski definition) is 2. The Morgan fingerprint density at radius 2 is 1.86 bits per heavy atom. The minimum Gasteiger partial charge on any atom is -0.502 e. The van der Waals surface area contributed by atoms with Gasteiger partial charge >= 0.3 is 0 Å². The Balaban J connectivity index is 3.31. The number of ether oxygens (including phenoxy) is 1. The molecule has 0 saturated carbocycles. The Hall–Kier alpha value is -1.25. The highest BCUT2D eigenvalue weighted by atomic mass is 19.1. The first-order valence-electron chi connectivity index (χ1n) is 4.44. The van der Waals surface area contributed by atoms with E-state index in [0.717, 1.165) is 0 Å². The Bertz CT molecular complexity index is 340. The lowest BCUT2D eigenvalue weighted by Gasteiger charge is -2.20. The van der Waals surface area contributed by atoms with Crippen molar-refractivity contribution in [3.8, 4) is 11.5 Å². The van der Waals surface area contributed by atoms with E-state index in [0.29, 0.717) is 5.56 Å². The average molecular weight is 198 g/mol. The van der Waals surface area contributed by atoms with Crippen LogP contribution in [0.15, 0.2) is 12.1 Å². The van der Waals surface area contributed by atoms with E-state index in [1.54, 1.807) is 12.1 Å². The van der Waals surface area contributed by atoms with Crippen LogP contribution < -0.4 is 4.74 Å². The van der Waals surface area contributed by atoms with Gasteiger partial charge in [-0.05, 0) is 17.0 Å².